The van der Waals surface area contributed by atoms with E-state index in [1.54, 1.807) is 0 Å². The van der Waals surface area contributed by atoms with Crippen LogP contribution in [0.2, 0.25) is 0 Å². The van der Waals surface area contributed by atoms with Gasteiger partial charge in [-0.05, 0) is 174 Å². The standard InChI is InChI=1S/C71H88BNO/c1-43(48-29-28-46(64(2,3)4)38-49(48)45-25-21-20-22-26-45)73-58-40-47(65(5,6)7)39-52-50(36-44-24-23-27-53-54(37-44)67(10,11)31-30-66(53,8)9)51-41-55-56(69(14,15)33-32-68(55,12)13)42-57(51)72(60(52)58)63-61(73)59-62(74-63)71(18,19)35-34-70(59,16)17/h20-23,25-29,36-43H,24,30-35H2,1-19H3/b50-36+. The maximum absolute atomic E-state index is 7.93. The second-order valence-corrected chi connectivity index (χ2v) is 30.1. The first-order valence-corrected chi connectivity index (χ1v) is 28.7. The van der Waals surface area contributed by atoms with Gasteiger partial charge in [-0.3, -0.25) is 0 Å². The molecule has 0 fully saturated rings. The first-order chi connectivity index (χ1) is 34.3. The van der Waals surface area contributed by atoms with Crippen molar-refractivity contribution >= 4 is 40.2 Å². The van der Waals surface area contributed by atoms with Gasteiger partial charge in [0.1, 0.15) is 5.76 Å². The molecule has 3 heterocycles. The lowest BCUT2D eigenvalue weighted by atomic mass is 9.33. The summed E-state index contributed by atoms with van der Waals surface area (Å²) in [6.45, 7) is 46.5. The van der Waals surface area contributed by atoms with Gasteiger partial charge in [-0.2, -0.15) is 0 Å². The summed E-state index contributed by atoms with van der Waals surface area (Å²) in [5.41, 5.74) is 26.2. The molecule has 6 aliphatic rings. The van der Waals surface area contributed by atoms with E-state index in [0.717, 1.165) is 24.9 Å². The maximum atomic E-state index is 7.93. The molecule has 0 radical (unpaired) electrons. The minimum absolute atomic E-state index is 0.00110. The zero-order valence-corrected chi connectivity index (χ0v) is 49.2. The zero-order valence-electron chi connectivity index (χ0n) is 49.2. The van der Waals surface area contributed by atoms with Crippen LogP contribution in [-0.2, 0) is 32.5 Å². The summed E-state index contributed by atoms with van der Waals surface area (Å²) in [4.78, 5) is 2.81. The number of hydrogen-bond acceptors (Lipinski definition) is 2. The SMILES string of the molecule is CC(c1ccc(C(C)(C)C)cc1-c1ccccc1)N1c2cc(C(C)(C)C)cc3c2B(c2cc4c(cc2/C3=C\C2=CC3=C(C=CC2)C(C)(C)CCC3(C)C)C(C)(C)CCC4(C)C)c2oc3c(c21)C(C)(C)CCC3(C)C. The van der Waals surface area contributed by atoms with E-state index >= 15 is 0 Å². The molecule has 0 saturated carbocycles. The lowest BCUT2D eigenvalue weighted by Crippen LogP contribution is -2.62. The molecule has 5 aromatic rings. The summed E-state index contributed by atoms with van der Waals surface area (Å²) in [6, 6.07) is 29.2. The summed E-state index contributed by atoms with van der Waals surface area (Å²) < 4.78 is 7.93. The van der Waals surface area contributed by atoms with Gasteiger partial charge in [0.25, 0.3) is 6.71 Å². The molecule has 2 aliphatic heterocycles. The predicted molar refractivity (Wildman–Crippen MR) is 319 cm³/mol. The Bertz CT molecular complexity index is 3280. The highest BCUT2D eigenvalue weighted by atomic mass is 16.3. The lowest BCUT2D eigenvalue weighted by Gasteiger charge is -2.47. The summed E-state index contributed by atoms with van der Waals surface area (Å²) in [5, 5.41) is 0. The largest absolute Gasteiger partial charge is 0.472 e. The Morgan fingerprint density at radius 1 is 0.595 bits per heavy atom. The zero-order chi connectivity index (χ0) is 53.2. The molecule has 386 valence electrons. The fraction of sp³-hybridized carbons (Fsp3) is 0.493. The van der Waals surface area contributed by atoms with Gasteiger partial charge in [0.15, 0.2) is 0 Å². The van der Waals surface area contributed by atoms with Crippen molar-refractivity contribution in [1.29, 1.82) is 0 Å². The highest BCUT2D eigenvalue weighted by Gasteiger charge is 2.53. The second-order valence-electron chi connectivity index (χ2n) is 30.1. The van der Waals surface area contributed by atoms with Crippen LogP contribution in [0.15, 0.2) is 118 Å². The molecule has 0 N–H and O–H groups in total. The number of fused-ring (bicyclic) bond motifs is 7. The predicted octanol–water partition coefficient (Wildman–Crippen LogP) is 17.7. The van der Waals surface area contributed by atoms with E-state index in [-0.39, 0.29) is 56.1 Å². The van der Waals surface area contributed by atoms with Crippen molar-refractivity contribution in [2.24, 2.45) is 10.8 Å². The fourth-order valence-electron chi connectivity index (χ4n) is 14.4. The Hall–Kier alpha value is -5.02. The van der Waals surface area contributed by atoms with Crippen molar-refractivity contribution < 1.29 is 4.42 Å². The van der Waals surface area contributed by atoms with E-state index in [2.05, 4.69) is 234 Å². The Balaban J connectivity index is 1.28. The van der Waals surface area contributed by atoms with Gasteiger partial charge >= 0.3 is 0 Å². The Labute approximate surface area is 448 Å². The van der Waals surface area contributed by atoms with E-state index < -0.39 is 0 Å². The molecule has 0 saturated heterocycles. The highest BCUT2D eigenvalue weighted by Crippen LogP contribution is 2.57. The number of benzene rings is 4. The van der Waals surface area contributed by atoms with Crippen LogP contribution < -0.4 is 21.5 Å². The van der Waals surface area contributed by atoms with E-state index in [4.69, 9.17) is 4.42 Å². The van der Waals surface area contributed by atoms with Crippen LogP contribution in [0.1, 0.15) is 233 Å². The molecule has 2 nitrogen and oxygen atoms in total. The normalized spacial score (nSPS) is 22.4. The molecule has 1 unspecified atom stereocenters. The van der Waals surface area contributed by atoms with Crippen LogP contribution in [0.3, 0.4) is 0 Å². The van der Waals surface area contributed by atoms with E-state index in [0.29, 0.717) is 0 Å². The van der Waals surface area contributed by atoms with Crippen LogP contribution >= 0.6 is 0 Å². The number of nitrogens with zero attached hydrogens (tertiary/aromatic N) is 1. The van der Waals surface area contributed by atoms with Crippen molar-refractivity contribution in [3.63, 3.8) is 0 Å². The van der Waals surface area contributed by atoms with E-state index in [1.807, 2.05) is 0 Å². The van der Waals surface area contributed by atoms with E-state index in [9.17, 15) is 0 Å². The minimum atomic E-state index is -0.120. The molecule has 1 aromatic heterocycles. The van der Waals surface area contributed by atoms with Crippen molar-refractivity contribution in [2.75, 3.05) is 4.90 Å². The van der Waals surface area contributed by atoms with Crippen LogP contribution in [0, 0.1) is 10.8 Å². The molecule has 11 rings (SSSR count). The van der Waals surface area contributed by atoms with Crippen LogP contribution in [0.5, 0.6) is 0 Å². The van der Waals surface area contributed by atoms with Gasteiger partial charge in [-0.1, -0.05) is 221 Å². The summed E-state index contributed by atoms with van der Waals surface area (Å²) >= 11 is 0. The van der Waals surface area contributed by atoms with Gasteiger partial charge in [0.2, 0.25) is 0 Å². The molecule has 1 atom stereocenters. The molecular weight excluding hydrogens is 894 g/mol. The van der Waals surface area contributed by atoms with Gasteiger partial charge in [0.05, 0.1) is 17.4 Å². The first kappa shape index (κ1) is 51.1. The Morgan fingerprint density at radius 2 is 1.18 bits per heavy atom. The quantitative estimate of drug-likeness (QED) is 0.164. The molecule has 74 heavy (non-hydrogen) atoms. The molecule has 4 aliphatic carbocycles. The molecule has 0 amide bonds. The third kappa shape index (κ3) is 8.00. The van der Waals surface area contributed by atoms with Crippen molar-refractivity contribution in [2.45, 2.75) is 215 Å². The molecule has 0 spiro atoms. The smallest absolute Gasteiger partial charge is 0.293 e. The van der Waals surface area contributed by atoms with Crippen LogP contribution in [-0.4, -0.2) is 6.71 Å². The van der Waals surface area contributed by atoms with Crippen molar-refractivity contribution in [1.82, 2.24) is 0 Å². The molecule has 4 aromatic carbocycles. The van der Waals surface area contributed by atoms with Crippen molar-refractivity contribution in [3.8, 4) is 11.1 Å². The fourth-order valence-corrected chi connectivity index (χ4v) is 14.4. The average Bonchev–Trinajstić information content (AvgIpc) is 3.61. The number of allylic oxidation sites excluding steroid dienone is 7. The van der Waals surface area contributed by atoms with Gasteiger partial charge in [-0.25, -0.2) is 0 Å². The maximum Gasteiger partial charge on any atom is 0.293 e. The third-order valence-electron chi connectivity index (χ3n) is 19.8. The minimum Gasteiger partial charge on any atom is -0.472 e. The Morgan fingerprint density at radius 3 is 1.82 bits per heavy atom. The van der Waals surface area contributed by atoms with Crippen molar-refractivity contribution in [3.05, 3.63) is 164 Å². The monoisotopic (exact) mass is 982 g/mol. The summed E-state index contributed by atoms with van der Waals surface area (Å²) in [6.07, 6.45) is 18.1. The Kier molecular flexibility index (Phi) is 11.4. The number of anilines is 2. The highest BCUT2D eigenvalue weighted by molar-refractivity contribution is 6.98. The second kappa shape index (κ2) is 16.5. The van der Waals surface area contributed by atoms with Crippen LogP contribution in [0.4, 0.5) is 11.4 Å². The van der Waals surface area contributed by atoms with E-state index in [1.165, 1.54) is 132 Å². The van der Waals surface area contributed by atoms with Crippen LogP contribution in [0.25, 0.3) is 16.7 Å². The number of furan rings is 1. The lowest BCUT2D eigenvalue weighted by molar-refractivity contribution is 0.273. The number of rotatable bonds is 4. The summed E-state index contributed by atoms with van der Waals surface area (Å²) in [5.74, 6) is 1.19. The first-order valence-electron chi connectivity index (χ1n) is 28.7. The summed E-state index contributed by atoms with van der Waals surface area (Å²) in [7, 11) is 0. The number of hydrogen-bond donors (Lipinski definition) is 0. The van der Waals surface area contributed by atoms with Gasteiger partial charge < -0.3 is 9.32 Å². The average molecular weight is 982 g/mol. The molecular formula is C71H88BNO. The van der Waals surface area contributed by atoms with Gasteiger partial charge in [0, 0.05) is 16.7 Å². The molecule has 3 heteroatoms. The van der Waals surface area contributed by atoms with Gasteiger partial charge in [-0.15, -0.1) is 0 Å². The third-order valence-corrected chi connectivity index (χ3v) is 19.8. The topological polar surface area (TPSA) is 16.4 Å². The molecule has 0 bridgehead atoms.